The number of piperidine rings is 1. The number of aromatic nitrogens is 2. The Hall–Kier alpha value is -4.13. The summed E-state index contributed by atoms with van der Waals surface area (Å²) in [5.74, 6) is -1.64. The molecule has 2 fully saturated rings. The first-order valence-electron chi connectivity index (χ1n) is 13.0. The SMILES string of the molecule is COc1cccc(-c2ccc([C@@H](Oc3cc(N4CCC5(CC4)CN[C@H](C(=O)O)C5)nc(N)n3)C(F)(F)F)cc2F)c1. The first-order valence-corrected chi connectivity index (χ1v) is 13.0. The van der Waals surface area contributed by atoms with Crippen LogP contribution in [0, 0.1) is 11.2 Å². The molecule has 0 amide bonds. The fraction of sp³-hybridized carbons (Fsp3) is 0.393. The molecule has 0 bridgehead atoms. The Morgan fingerprint density at radius 2 is 1.93 bits per heavy atom. The van der Waals surface area contributed by atoms with Crippen LogP contribution in [0.1, 0.15) is 30.9 Å². The summed E-state index contributed by atoms with van der Waals surface area (Å²) in [5, 5.41) is 12.3. The van der Waals surface area contributed by atoms with Crippen LogP contribution in [0.3, 0.4) is 0 Å². The third-order valence-corrected chi connectivity index (χ3v) is 7.73. The van der Waals surface area contributed by atoms with Gasteiger partial charge in [-0.25, -0.2) is 4.39 Å². The number of nitrogens with zero attached hydrogens (tertiary/aromatic N) is 3. The van der Waals surface area contributed by atoms with Crippen molar-refractivity contribution < 1.29 is 36.9 Å². The van der Waals surface area contributed by atoms with Gasteiger partial charge in [0, 0.05) is 36.8 Å². The van der Waals surface area contributed by atoms with E-state index in [9.17, 15) is 23.1 Å². The van der Waals surface area contributed by atoms with Crippen LogP contribution in [-0.2, 0) is 4.79 Å². The number of methoxy groups -OCH3 is 1. The lowest BCUT2D eigenvalue weighted by Gasteiger charge is -2.39. The number of anilines is 2. The van der Waals surface area contributed by atoms with Crippen LogP contribution in [0.25, 0.3) is 11.1 Å². The average molecular weight is 576 g/mol. The van der Waals surface area contributed by atoms with Gasteiger partial charge in [0.1, 0.15) is 23.4 Å². The number of benzene rings is 2. The molecule has 13 heteroatoms. The maximum absolute atomic E-state index is 15.1. The average Bonchev–Trinajstić information content (AvgIpc) is 3.35. The van der Waals surface area contributed by atoms with E-state index >= 15 is 4.39 Å². The molecule has 3 heterocycles. The fourth-order valence-electron chi connectivity index (χ4n) is 5.50. The summed E-state index contributed by atoms with van der Waals surface area (Å²) in [6.07, 6.45) is -5.54. The number of carbonyl (C=O) groups is 1. The van der Waals surface area contributed by atoms with Gasteiger partial charge in [0.25, 0.3) is 0 Å². The summed E-state index contributed by atoms with van der Waals surface area (Å²) in [6.45, 7) is 1.59. The summed E-state index contributed by atoms with van der Waals surface area (Å²) in [6, 6.07) is 10.4. The number of hydrogen-bond donors (Lipinski definition) is 3. The van der Waals surface area contributed by atoms with E-state index in [-0.39, 0.29) is 16.9 Å². The van der Waals surface area contributed by atoms with E-state index in [0.29, 0.717) is 56.0 Å². The van der Waals surface area contributed by atoms with Gasteiger partial charge >= 0.3 is 12.1 Å². The van der Waals surface area contributed by atoms with Gasteiger partial charge in [-0.1, -0.05) is 24.3 Å². The molecule has 2 atom stereocenters. The lowest BCUT2D eigenvalue weighted by Crippen LogP contribution is -2.41. The van der Waals surface area contributed by atoms with E-state index in [4.69, 9.17) is 15.2 Å². The zero-order valence-corrected chi connectivity index (χ0v) is 22.1. The molecule has 218 valence electrons. The molecule has 1 aromatic heterocycles. The minimum absolute atomic E-state index is 0.108. The minimum Gasteiger partial charge on any atom is -0.497 e. The van der Waals surface area contributed by atoms with Crippen molar-refractivity contribution in [3.63, 3.8) is 0 Å². The molecule has 2 saturated heterocycles. The topological polar surface area (TPSA) is 123 Å². The first-order chi connectivity index (χ1) is 19.5. The van der Waals surface area contributed by atoms with E-state index in [2.05, 4.69) is 15.3 Å². The molecule has 5 rings (SSSR count). The van der Waals surface area contributed by atoms with Gasteiger partial charge in [-0.15, -0.1) is 0 Å². The van der Waals surface area contributed by atoms with Gasteiger partial charge in [0.15, 0.2) is 0 Å². The molecule has 4 N–H and O–H groups in total. The highest BCUT2D eigenvalue weighted by Gasteiger charge is 2.45. The van der Waals surface area contributed by atoms with E-state index < -0.39 is 41.6 Å². The van der Waals surface area contributed by atoms with Crippen LogP contribution in [0.4, 0.5) is 29.3 Å². The monoisotopic (exact) mass is 575 g/mol. The zero-order valence-electron chi connectivity index (χ0n) is 22.1. The summed E-state index contributed by atoms with van der Waals surface area (Å²) in [5.41, 5.74) is 5.78. The summed E-state index contributed by atoms with van der Waals surface area (Å²) >= 11 is 0. The van der Waals surface area contributed by atoms with Gasteiger partial charge in [0.05, 0.1) is 7.11 Å². The Labute approximate surface area is 233 Å². The number of alkyl halides is 3. The van der Waals surface area contributed by atoms with Crippen LogP contribution >= 0.6 is 0 Å². The van der Waals surface area contributed by atoms with Crippen LogP contribution in [0.2, 0.25) is 0 Å². The highest BCUT2D eigenvalue weighted by atomic mass is 19.4. The molecule has 0 saturated carbocycles. The lowest BCUT2D eigenvalue weighted by atomic mass is 9.76. The van der Waals surface area contributed by atoms with E-state index in [1.54, 1.807) is 24.3 Å². The third kappa shape index (κ3) is 6.14. The Bertz CT molecular complexity index is 1430. The van der Waals surface area contributed by atoms with Gasteiger partial charge in [-0.2, -0.15) is 23.1 Å². The summed E-state index contributed by atoms with van der Waals surface area (Å²) in [7, 11) is 1.46. The number of rotatable bonds is 7. The molecule has 9 nitrogen and oxygen atoms in total. The molecular formula is C28H29F4N5O4. The molecule has 0 radical (unpaired) electrons. The number of nitrogen functional groups attached to an aromatic ring is 1. The van der Waals surface area contributed by atoms with Crippen molar-refractivity contribution in [3.8, 4) is 22.8 Å². The number of carboxylic acid groups (broad SMARTS) is 1. The van der Waals surface area contributed by atoms with E-state index in [0.717, 1.165) is 12.1 Å². The van der Waals surface area contributed by atoms with Gasteiger partial charge < -0.3 is 30.5 Å². The van der Waals surface area contributed by atoms with E-state index in [1.807, 2.05) is 4.90 Å². The number of carboxylic acids is 1. The van der Waals surface area contributed by atoms with Crippen LogP contribution < -0.4 is 25.4 Å². The maximum atomic E-state index is 15.1. The predicted molar refractivity (Wildman–Crippen MR) is 142 cm³/mol. The molecular weight excluding hydrogens is 546 g/mol. The van der Waals surface area contributed by atoms with Crippen molar-refractivity contribution in [2.45, 2.75) is 37.6 Å². The third-order valence-electron chi connectivity index (χ3n) is 7.73. The number of ether oxygens (including phenoxy) is 2. The lowest BCUT2D eigenvalue weighted by molar-refractivity contribution is -0.198. The Morgan fingerprint density at radius 3 is 2.56 bits per heavy atom. The number of halogens is 4. The normalized spacial score (nSPS) is 19.2. The zero-order chi connectivity index (χ0) is 29.4. The predicted octanol–water partition coefficient (Wildman–Crippen LogP) is 4.59. The number of hydrogen-bond acceptors (Lipinski definition) is 8. The quantitative estimate of drug-likeness (QED) is 0.347. The van der Waals surface area contributed by atoms with Gasteiger partial charge in [0.2, 0.25) is 17.9 Å². The Morgan fingerprint density at radius 1 is 1.17 bits per heavy atom. The first kappa shape index (κ1) is 28.4. The standard InChI is InChI=1S/C28H29F4N5O4/c1-40-18-4-2-3-16(11-18)19-6-5-17(12-20(19)29)24(28(30,31)32)41-23-13-22(35-26(33)36-23)37-9-7-27(8-10-37)14-21(25(38)39)34-15-27/h2-6,11-13,21,24,34H,7-10,14-15H2,1H3,(H,38,39)(H2,33,35,36)/t21-,24+/m0/s1. The van der Waals surface area contributed by atoms with Crippen LogP contribution in [-0.4, -0.2) is 60.0 Å². The summed E-state index contributed by atoms with van der Waals surface area (Å²) < 4.78 is 68.0. The molecule has 3 aromatic rings. The second-order valence-electron chi connectivity index (χ2n) is 10.4. The largest absolute Gasteiger partial charge is 0.497 e. The highest BCUT2D eigenvalue weighted by molar-refractivity contribution is 5.74. The van der Waals surface area contributed by atoms with Crippen molar-refractivity contribution in [2.24, 2.45) is 5.41 Å². The van der Waals surface area contributed by atoms with Gasteiger partial charge in [-0.05, 0) is 48.4 Å². The van der Waals surface area contributed by atoms with Crippen molar-refractivity contribution >= 4 is 17.7 Å². The molecule has 2 aliphatic heterocycles. The second kappa shape index (κ2) is 11.0. The minimum atomic E-state index is -4.89. The van der Waals surface area contributed by atoms with Gasteiger partial charge in [-0.3, -0.25) is 4.79 Å². The molecule has 41 heavy (non-hydrogen) atoms. The number of nitrogens with one attached hydrogen (secondary N) is 1. The van der Waals surface area contributed by atoms with Crippen LogP contribution in [0.15, 0.2) is 48.5 Å². The number of aliphatic carboxylic acids is 1. The fourth-order valence-corrected chi connectivity index (χ4v) is 5.50. The van der Waals surface area contributed by atoms with Crippen molar-refractivity contribution in [1.82, 2.24) is 15.3 Å². The Kier molecular flexibility index (Phi) is 7.64. The molecule has 0 unspecified atom stereocenters. The smallest absolute Gasteiger partial charge is 0.429 e. The van der Waals surface area contributed by atoms with Crippen molar-refractivity contribution in [3.05, 3.63) is 59.9 Å². The molecule has 2 aromatic carbocycles. The van der Waals surface area contributed by atoms with E-state index in [1.165, 1.54) is 19.2 Å². The Balaban J connectivity index is 1.35. The van der Waals surface area contributed by atoms with Crippen molar-refractivity contribution in [2.75, 3.05) is 37.4 Å². The van der Waals surface area contributed by atoms with Crippen LogP contribution in [0.5, 0.6) is 11.6 Å². The molecule has 0 aliphatic carbocycles. The highest BCUT2D eigenvalue weighted by Crippen LogP contribution is 2.42. The maximum Gasteiger partial charge on any atom is 0.429 e. The summed E-state index contributed by atoms with van der Waals surface area (Å²) in [4.78, 5) is 21.2. The number of nitrogens with two attached hydrogens (primary N) is 1. The molecule has 1 spiro atoms. The second-order valence-corrected chi connectivity index (χ2v) is 10.4. The van der Waals surface area contributed by atoms with Crippen molar-refractivity contribution in [1.29, 1.82) is 0 Å². The molecule has 2 aliphatic rings.